The van der Waals surface area contributed by atoms with Crippen molar-refractivity contribution in [1.29, 1.82) is 0 Å². The Morgan fingerprint density at radius 3 is 2.63 bits per heavy atom. The summed E-state index contributed by atoms with van der Waals surface area (Å²) < 4.78 is 22.6. The number of aryl methyl sites for hydroxylation is 1. The molecule has 0 aliphatic heterocycles. The molecule has 1 rings (SSSR count). The molecule has 1 atom stereocenters. The van der Waals surface area contributed by atoms with Crippen LogP contribution in [-0.4, -0.2) is 32.3 Å². The van der Waals surface area contributed by atoms with Crippen molar-refractivity contribution in [3.8, 4) is 0 Å². The number of Topliss-reactive ketones (excluding diaryl/α,β-unsaturated/α-hetero) is 1. The number of carbonyl (C=O) groups excluding carboxylic acids is 1. The summed E-state index contributed by atoms with van der Waals surface area (Å²) in [5.74, 6) is 0.521. The van der Waals surface area contributed by atoms with Crippen LogP contribution in [0.3, 0.4) is 0 Å². The molecule has 0 amide bonds. The summed E-state index contributed by atoms with van der Waals surface area (Å²) in [5.41, 5.74) is 6.82. The zero-order chi connectivity index (χ0) is 14.6. The predicted octanol–water partition coefficient (Wildman–Crippen LogP) is 2.19. The minimum absolute atomic E-state index is 0.0832. The second-order valence-electron chi connectivity index (χ2n) is 4.17. The number of hydrogen-bond acceptors (Lipinski definition) is 5. The maximum atomic E-state index is 12.2. The van der Waals surface area contributed by atoms with Gasteiger partial charge in [-0.3, -0.25) is 4.79 Å². The third-order valence-corrected chi connectivity index (χ3v) is 4.72. The van der Waals surface area contributed by atoms with Gasteiger partial charge in [-0.25, -0.2) is 8.42 Å². The van der Waals surface area contributed by atoms with Gasteiger partial charge in [0, 0.05) is 16.2 Å². The average molecular weight is 322 g/mol. The first-order valence-electron chi connectivity index (χ1n) is 5.61. The molecule has 7 heteroatoms. The number of nitrogens with two attached hydrogens (primary N) is 1. The van der Waals surface area contributed by atoms with Crippen LogP contribution in [-0.2, 0) is 9.05 Å². The summed E-state index contributed by atoms with van der Waals surface area (Å²) in [7, 11) is 1.43. The van der Waals surface area contributed by atoms with Crippen molar-refractivity contribution in [3.05, 3.63) is 29.3 Å². The van der Waals surface area contributed by atoms with Gasteiger partial charge in [0.25, 0.3) is 9.05 Å². The molecule has 0 aliphatic carbocycles. The van der Waals surface area contributed by atoms with Gasteiger partial charge in [0.1, 0.15) is 0 Å². The first kappa shape index (κ1) is 16.5. The fraction of sp³-hybridized carbons (Fsp3) is 0.417. The molecule has 19 heavy (non-hydrogen) atoms. The third-order valence-electron chi connectivity index (χ3n) is 2.73. The minimum atomic E-state index is -3.84. The molecule has 1 aromatic carbocycles. The van der Waals surface area contributed by atoms with Crippen molar-refractivity contribution in [2.75, 3.05) is 12.0 Å². The molecule has 4 nitrogen and oxygen atoms in total. The Morgan fingerprint density at radius 1 is 1.47 bits per heavy atom. The Labute approximate surface area is 122 Å². The Balaban J connectivity index is 3.09. The van der Waals surface area contributed by atoms with Crippen LogP contribution in [0.5, 0.6) is 0 Å². The Kier molecular flexibility index (Phi) is 5.85. The van der Waals surface area contributed by atoms with E-state index in [1.54, 1.807) is 24.8 Å². The van der Waals surface area contributed by atoms with E-state index >= 15 is 0 Å². The summed E-state index contributed by atoms with van der Waals surface area (Å²) in [6.45, 7) is 1.74. The summed E-state index contributed by atoms with van der Waals surface area (Å²) in [6, 6.07) is 3.60. The zero-order valence-electron chi connectivity index (χ0n) is 10.7. The normalized spacial score (nSPS) is 13.3. The number of benzene rings is 1. The van der Waals surface area contributed by atoms with Crippen molar-refractivity contribution in [3.63, 3.8) is 0 Å². The predicted molar refractivity (Wildman–Crippen MR) is 79.5 cm³/mol. The van der Waals surface area contributed by atoms with E-state index in [0.717, 1.165) is 5.75 Å². The van der Waals surface area contributed by atoms with Gasteiger partial charge in [-0.05, 0) is 43.0 Å². The largest absolute Gasteiger partial charge is 0.321 e. The highest BCUT2D eigenvalue weighted by molar-refractivity contribution is 8.13. The van der Waals surface area contributed by atoms with E-state index in [2.05, 4.69) is 0 Å². The number of rotatable bonds is 6. The monoisotopic (exact) mass is 321 g/mol. The molecule has 0 saturated carbocycles. The van der Waals surface area contributed by atoms with Crippen LogP contribution in [0.2, 0.25) is 0 Å². The van der Waals surface area contributed by atoms with Crippen LogP contribution >= 0.6 is 22.4 Å². The lowest BCUT2D eigenvalue weighted by molar-refractivity contribution is 0.0959. The Bertz CT molecular complexity index is 572. The number of carbonyl (C=O) groups is 1. The number of hydrogen-bond donors (Lipinski definition) is 1. The van der Waals surface area contributed by atoms with Crippen molar-refractivity contribution in [1.82, 2.24) is 0 Å². The SMILES string of the molecule is CSCC[C@H](N)C(=O)c1cc(S(=O)(=O)Cl)ccc1C. The molecule has 2 N–H and O–H groups in total. The van der Waals surface area contributed by atoms with E-state index < -0.39 is 15.1 Å². The first-order chi connectivity index (χ1) is 8.77. The maximum Gasteiger partial charge on any atom is 0.261 e. The van der Waals surface area contributed by atoms with Crippen LogP contribution in [0.4, 0.5) is 0 Å². The van der Waals surface area contributed by atoms with Crippen molar-refractivity contribution in [2.24, 2.45) is 5.73 Å². The highest BCUT2D eigenvalue weighted by atomic mass is 35.7. The quantitative estimate of drug-likeness (QED) is 0.642. The van der Waals surface area contributed by atoms with Crippen LogP contribution < -0.4 is 5.73 Å². The molecule has 0 heterocycles. The fourth-order valence-electron chi connectivity index (χ4n) is 1.59. The topological polar surface area (TPSA) is 77.2 Å². The van der Waals surface area contributed by atoms with Gasteiger partial charge in [-0.1, -0.05) is 6.07 Å². The lowest BCUT2D eigenvalue weighted by Gasteiger charge is -2.12. The van der Waals surface area contributed by atoms with Gasteiger partial charge >= 0.3 is 0 Å². The highest BCUT2D eigenvalue weighted by Crippen LogP contribution is 2.20. The molecule has 1 aromatic rings. The zero-order valence-corrected chi connectivity index (χ0v) is 13.1. The molecule has 0 fully saturated rings. The second-order valence-corrected chi connectivity index (χ2v) is 7.72. The molecule has 0 unspecified atom stereocenters. The van der Waals surface area contributed by atoms with Gasteiger partial charge < -0.3 is 5.73 Å². The summed E-state index contributed by atoms with van der Waals surface area (Å²) in [5, 5.41) is 0. The van der Waals surface area contributed by atoms with Crippen molar-refractivity contribution >= 4 is 37.3 Å². The summed E-state index contributed by atoms with van der Waals surface area (Å²) in [6.07, 6.45) is 2.49. The van der Waals surface area contributed by atoms with E-state index in [-0.39, 0.29) is 10.7 Å². The number of ketones is 1. The summed E-state index contributed by atoms with van der Waals surface area (Å²) >= 11 is 1.60. The van der Waals surface area contributed by atoms with Crippen molar-refractivity contribution in [2.45, 2.75) is 24.3 Å². The molecular weight excluding hydrogens is 306 g/mol. The molecule has 0 bridgehead atoms. The minimum Gasteiger partial charge on any atom is -0.321 e. The van der Waals surface area contributed by atoms with Crippen LogP contribution in [0.15, 0.2) is 23.1 Å². The molecule has 0 saturated heterocycles. The van der Waals surface area contributed by atoms with E-state index in [1.165, 1.54) is 12.1 Å². The molecule has 0 radical (unpaired) electrons. The Morgan fingerprint density at radius 2 is 2.11 bits per heavy atom. The first-order valence-corrected chi connectivity index (χ1v) is 9.31. The standard InChI is InChI=1S/C12H16ClNO3S2/c1-8-3-4-9(19(13,16)17)7-10(8)12(15)11(14)5-6-18-2/h3-4,7,11H,5-6,14H2,1-2H3/t11-/m0/s1. The highest BCUT2D eigenvalue weighted by Gasteiger charge is 2.20. The summed E-state index contributed by atoms with van der Waals surface area (Å²) in [4.78, 5) is 12.1. The maximum absolute atomic E-state index is 12.2. The van der Waals surface area contributed by atoms with Gasteiger partial charge in [-0.2, -0.15) is 11.8 Å². The lowest BCUT2D eigenvalue weighted by atomic mass is 9.99. The second kappa shape index (κ2) is 6.74. The molecule has 0 aliphatic rings. The van der Waals surface area contributed by atoms with Crippen LogP contribution in [0, 0.1) is 6.92 Å². The van der Waals surface area contributed by atoms with E-state index in [4.69, 9.17) is 16.4 Å². The van der Waals surface area contributed by atoms with E-state index in [1.807, 2.05) is 6.26 Å². The molecule has 0 aromatic heterocycles. The van der Waals surface area contributed by atoms with E-state index in [9.17, 15) is 13.2 Å². The van der Waals surface area contributed by atoms with Gasteiger partial charge in [-0.15, -0.1) is 0 Å². The molecule has 106 valence electrons. The smallest absolute Gasteiger partial charge is 0.261 e. The fourth-order valence-corrected chi connectivity index (χ4v) is 2.86. The van der Waals surface area contributed by atoms with E-state index in [0.29, 0.717) is 17.5 Å². The van der Waals surface area contributed by atoms with Crippen molar-refractivity contribution < 1.29 is 13.2 Å². The Hall–Kier alpha value is -0.560. The van der Waals surface area contributed by atoms with Gasteiger partial charge in [0.2, 0.25) is 0 Å². The van der Waals surface area contributed by atoms with Crippen LogP contribution in [0.25, 0.3) is 0 Å². The molecular formula is C12H16ClNO3S2. The lowest BCUT2D eigenvalue weighted by Crippen LogP contribution is -2.31. The van der Waals surface area contributed by atoms with Crippen LogP contribution in [0.1, 0.15) is 22.3 Å². The average Bonchev–Trinajstić information content (AvgIpc) is 2.34. The number of thioether (sulfide) groups is 1. The number of halogens is 1. The third kappa shape index (κ3) is 4.49. The van der Waals surface area contributed by atoms with Gasteiger partial charge in [0.15, 0.2) is 5.78 Å². The van der Waals surface area contributed by atoms with Gasteiger partial charge in [0.05, 0.1) is 10.9 Å². The molecule has 0 spiro atoms.